The third kappa shape index (κ3) is 13.3. The summed E-state index contributed by atoms with van der Waals surface area (Å²) in [5, 5.41) is 2.94. The van der Waals surface area contributed by atoms with E-state index >= 15 is 4.39 Å². The Kier molecular flexibility index (Phi) is 16.3. The maximum atomic E-state index is 15.0. The van der Waals surface area contributed by atoms with Crippen molar-refractivity contribution in [3.8, 4) is 22.1 Å². The number of pyridine rings is 2. The van der Waals surface area contributed by atoms with Crippen LogP contribution in [0.25, 0.3) is 20.8 Å². The van der Waals surface area contributed by atoms with E-state index in [1.807, 2.05) is 23.2 Å². The molecule has 2 fully saturated rings. The van der Waals surface area contributed by atoms with Gasteiger partial charge in [0.1, 0.15) is 11.5 Å². The molecule has 0 bridgehead atoms. The van der Waals surface area contributed by atoms with E-state index < -0.39 is 5.82 Å². The molecule has 15 heteroatoms. The molecule has 1 saturated heterocycles. The lowest BCUT2D eigenvalue weighted by molar-refractivity contribution is -0.118. The molecule has 4 aromatic rings. The zero-order valence-corrected chi connectivity index (χ0v) is 32.9. The average molecular weight is 794 g/mol. The van der Waals surface area contributed by atoms with E-state index in [0.29, 0.717) is 103 Å². The van der Waals surface area contributed by atoms with E-state index in [0.717, 1.165) is 58.8 Å². The number of carbonyl (C=O) groups excluding carboxylic acids is 2. The van der Waals surface area contributed by atoms with Gasteiger partial charge in [-0.2, -0.15) is 0 Å². The molecule has 0 spiro atoms. The number of Topliss-reactive ketones (excluding diaryl/α,β-unsaturated/α-hetero) is 1. The van der Waals surface area contributed by atoms with Crippen molar-refractivity contribution in [2.75, 3.05) is 99.3 Å². The molecule has 1 aromatic carbocycles. The van der Waals surface area contributed by atoms with Crippen LogP contribution in [0.2, 0.25) is 0 Å². The molecule has 0 atom stereocenters. The monoisotopic (exact) mass is 793 g/mol. The van der Waals surface area contributed by atoms with Gasteiger partial charge < -0.3 is 38.6 Å². The van der Waals surface area contributed by atoms with E-state index in [-0.39, 0.29) is 24.0 Å². The topological polar surface area (TPSA) is 134 Å². The highest BCUT2D eigenvalue weighted by Crippen LogP contribution is 2.39. The van der Waals surface area contributed by atoms with Gasteiger partial charge in [0.2, 0.25) is 0 Å². The number of nitrogens with zero attached hydrogens (tertiary/aromatic N) is 4. The fraction of sp³-hybridized carbons (Fsp3) is 0.512. The van der Waals surface area contributed by atoms with Crippen LogP contribution in [0.1, 0.15) is 30.4 Å². The minimum Gasteiger partial charge on any atom is -0.453 e. The van der Waals surface area contributed by atoms with Gasteiger partial charge in [-0.25, -0.2) is 9.18 Å². The molecule has 1 N–H and O–H groups in total. The number of aromatic nitrogens is 2. The number of ether oxygens (including phenoxy) is 6. The number of hydrogen-bond donors (Lipinski definition) is 1. The second-order valence-corrected chi connectivity index (χ2v) is 14.9. The lowest BCUT2D eigenvalue weighted by Gasteiger charge is -2.34. The summed E-state index contributed by atoms with van der Waals surface area (Å²) in [7, 11) is 1.64. The lowest BCUT2D eigenvalue weighted by Crippen LogP contribution is -2.51. The molecular weight excluding hydrogens is 742 g/mol. The molecule has 2 aliphatic rings. The molecule has 56 heavy (non-hydrogen) atoms. The van der Waals surface area contributed by atoms with E-state index in [9.17, 15) is 9.59 Å². The molecule has 2 amide bonds. The van der Waals surface area contributed by atoms with Crippen LogP contribution < -0.4 is 10.1 Å². The third-order valence-electron chi connectivity index (χ3n) is 9.42. The van der Waals surface area contributed by atoms with Gasteiger partial charge in [-0.3, -0.25) is 19.7 Å². The maximum Gasteiger partial charge on any atom is 0.317 e. The summed E-state index contributed by atoms with van der Waals surface area (Å²) >= 11 is 1.49. The van der Waals surface area contributed by atoms with E-state index in [1.165, 1.54) is 17.4 Å². The predicted molar refractivity (Wildman–Crippen MR) is 211 cm³/mol. The van der Waals surface area contributed by atoms with E-state index in [2.05, 4.69) is 21.3 Å². The largest absolute Gasteiger partial charge is 0.453 e. The van der Waals surface area contributed by atoms with Crippen LogP contribution in [-0.4, -0.2) is 131 Å². The summed E-state index contributed by atoms with van der Waals surface area (Å²) in [6.45, 7) is 8.49. The Morgan fingerprint density at radius 3 is 2.18 bits per heavy atom. The Labute approximate surface area is 331 Å². The Morgan fingerprint density at radius 1 is 0.821 bits per heavy atom. The first kappa shape index (κ1) is 41.5. The van der Waals surface area contributed by atoms with Crippen molar-refractivity contribution in [2.24, 2.45) is 5.92 Å². The van der Waals surface area contributed by atoms with Crippen LogP contribution in [0, 0.1) is 11.7 Å². The van der Waals surface area contributed by atoms with E-state index in [1.54, 1.807) is 31.5 Å². The van der Waals surface area contributed by atoms with Gasteiger partial charge in [-0.15, -0.1) is 11.3 Å². The van der Waals surface area contributed by atoms with Crippen molar-refractivity contribution < 1.29 is 42.4 Å². The summed E-state index contributed by atoms with van der Waals surface area (Å²) in [5.41, 5.74) is 3.29. The fourth-order valence-corrected chi connectivity index (χ4v) is 7.24. The Bertz CT molecular complexity index is 1830. The highest BCUT2D eigenvalue weighted by molar-refractivity contribution is 7.22. The smallest absolute Gasteiger partial charge is 0.317 e. The van der Waals surface area contributed by atoms with Gasteiger partial charge in [0.25, 0.3) is 0 Å². The number of ketones is 1. The highest BCUT2D eigenvalue weighted by atomic mass is 32.1. The number of benzene rings is 1. The maximum absolute atomic E-state index is 15.0. The van der Waals surface area contributed by atoms with Crippen LogP contribution >= 0.6 is 11.3 Å². The van der Waals surface area contributed by atoms with Crippen molar-refractivity contribution in [2.45, 2.75) is 32.2 Å². The molecule has 302 valence electrons. The Hall–Kier alpha value is -4.09. The number of nitrogens with one attached hydrogen (secondary N) is 1. The Morgan fingerprint density at radius 2 is 1.52 bits per heavy atom. The normalized spacial score (nSPS) is 14.7. The molecule has 4 heterocycles. The molecule has 0 radical (unpaired) electrons. The van der Waals surface area contributed by atoms with E-state index in [4.69, 9.17) is 33.4 Å². The van der Waals surface area contributed by atoms with Crippen molar-refractivity contribution in [3.63, 3.8) is 0 Å². The van der Waals surface area contributed by atoms with Crippen LogP contribution in [0.4, 0.5) is 9.18 Å². The number of carbonyl (C=O) groups is 2. The zero-order chi connectivity index (χ0) is 39.0. The van der Waals surface area contributed by atoms with Crippen molar-refractivity contribution in [3.05, 3.63) is 71.8 Å². The SMILES string of the molecule is COCCOCCOCCOCCOCCNC(=O)N1CCN(Cc2ccc(-c3cc4nccc(Oc5ccc(CC(=O)CC6CC6)cc5F)c4s3)nc2)CC1. The fourth-order valence-electron chi connectivity index (χ4n) is 6.20. The molecule has 6 rings (SSSR count). The summed E-state index contributed by atoms with van der Waals surface area (Å²) in [5.74, 6) is 0.777. The number of fused-ring (bicyclic) bond motifs is 1. The zero-order valence-electron chi connectivity index (χ0n) is 32.0. The minimum atomic E-state index is -0.500. The van der Waals surface area contributed by atoms with Crippen molar-refractivity contribution >= 4 is 33.4 Å². The van der Waals surface area contributed by atoms with Gasteiger partial charge in [-0.1, -0.05) is 12.1 Å². The second-order valence-electron chi connectivity index (χ2n) is 13.9. The van der Waals surface area contributed by atoms with Crippen LogP contribution in [0.15, 0.2) is 54.9 Å². The lowest BCUT2D eigenvalue weighted by atomic mass is 10.0. The molecular formula is C41H52FN5O8S. The second kappa shape index (κ2) is 22.0. The number of halogens is 1. The van der Waals surface area contributed by atoms with Crippen LogP contribution in [0.3, 0.4) is 0 Å². The molecule has 1 aliphatic heterocycles. The summed E-state index contributed by atoms with van der Waals surface area (Å²) in [6, 6.07) is 12.4. The van der Waals surface area contributed by atoms with Gasteiger partial charge in [-0.05, 0) is 54.2 Å². The number of methoxy groups -OCH3 is 1. The molecule has 1 aliphatic carbocycles. The molecule has 0 unspecified atom stereocenters. The van der Waals surface area contributed by atoms with Gasteiger partial charge in [0.05, 0.1) is 80.2 Å². The molecule has 13 nitrogen and oxygen atoms in total. The third-order valence-corrected chi connectivity index (χ3v) is 10.6. The van der Waals surface area contributed by atoms with Crippen molar-refractivity contribution in [1.82, 2.24) is 25.1 Å². The Balaban J connectivity index is 0.868. The first-order valence-electron chi connectivity index (χ1n) is 19.3. The van der Waals surface area contributed by atoms with Crippen molar-refractivity contribution in [1.29, 1.82) is 0 Å². The van der Waals surface area contributed by atoms with Gasteiger partial charge in [0, 0.05) is 77.7 Å². The summed E-state index contributed by atoms with van der Waals surface area (Å²) < 4.78 is 48.6. The first-order chi connectivity index (χ1) is 27.4. The van der Waals surface area contributed by atoms with Gasteiger partial charge in [0.15, 0.2) is 11.6 Å². The standard InChI is InChI=1S/C41H52FN5O8S/c1-50-16-17-52-20-21-54-23-22-53-19-18-51-15-10-44-41(49)47-13-11-46(12-14-47)29-32-4-6-35(45-28-32)39-27-36-40(56-39)38(8-9-43-36)55-37-7-5-31(26-34(37)42)25-33(48)24-30-2-3-30/h4-9,26-28,30H,2-3,10-25,29H2,1H3,(H,44,49). The number of amides is 2. The minimum absolute atomic E-state index is 0.0830. The predicted octanol–water partition coefficient (Wildman–Crippen LogP) is 5.74. The van der Waals surface area contributed by atoms with Crippen LogP contribution in [0.5, 0.6) is 11.5 Å². The number of piperazine rings is 1. The summed E-state index contributed by atoms with van der Waals surface area (Å²) in [4.78, 5) is 39.3. The number of urea groups is 1. The van der Waals surface area contributed by atoms with Crippen LogP contribution in [-0.2, 0) is 41.4 Å². The summed E-state index contributed by atoms with van der Waals surface area (Å²) in [6.07, 6.45) is 6.58. The highest BCUT2D eigenvalue weighted by Gasteiger charge is 2.25. The number of thiophene rings is 1. The number of rotatable bonds is 24. The average Bonchev–Trinajstić information content (AvgIpc) is 3.91. The number of hydrogen-bond acceptors (Lipinski definition) is 12. The quantitative estimate of drug-likeness (QED) is 0.0871. The molecule has 1 saturated carbocycles. The molecule has 3 aromatic heterocycles. The van der Waals surface area contributed by atoms with Gasteiger partial charge >= 0.3 is 6.03 Å². The first-order valence-corrected chi connectivity index (χ1v) is 20.1.